The van der Waals surface area contributed by atoms with Gasteiger partial charge in [-0.05, 0) is 36.2 Å². The van der Waals surface area contributed by atoms with Crippen LogP contribution in [0.25, 0.3) is 11.0 Å². The third-order valence-electron chi connectivity index (χ3n) is 3.85. The molecule has 0 aliphatic rings. The highest BCUT2D eigenvalue weighted by Crippen LogP contribution is 2.35. The number of hydrogen-bond donors (Lipinski definition) is 1. The van der Waals surface area contributed by atoms with E-state index in [-0.39, 0.29) is 23.0 Å². The molecular weight excluding hydrogens is 283 g/mol. The molecule has 0 spiro atoms. The third-order valence-corrected chi connectivity index (χ3v) is 3.85. The predicted molar refractivity (Wildman–Crippen MR) is 82.7 cm³/mol. The number of aromatic hydroxyl groups is 1. The number of rotatable bonds is 3. The van der Waals surface area contributed by atoms with Crippen LogP contribution in [-0.2, 0) is 0 Å². The van der Waals surface area contributed by atoms with Gasteiger partial charge in [-0.1, -0.05) is 31.2 Å². The van der Waals surface area contributed by atoms with Gasteiger partial charge in [0.15, 0.2) is 0 Å². The molecular formula is C18H15FO3. The minimum Gasteiger partial charge on any atom is -0.507 e. The Bertz CT molecular complexity index is 866. The summed E-state index contributed by atoms with van der Waals surface area (Å²) in [4.78, 5) is 12.3. The van der Waals surface area contributed by atoms with Crippen molar-refractivity contribution >= 4 is 11.0 Å². The first-order chi connectivity index (χ1) is 10.6. The van der Waals surface area contributed by atoms with E-state index in [4.69, 9.17) is 4.42 Å². The molecule has 3 aromatic rings. The van der Waals surface area contributed by atoms with Crippen LogP contribution in [0.1, 0.15) is 30.4 Å². The molecule has 0 saturated heterocycles. The van der Waals surface area contributed by atoms with E-state index in [2.05, 4.69) is 0 Å². The Balaban J connectivity index is 2.23. The number of benzene rings is 2. The SMILES string of the molecule is CCC(c1ccc(F)cc1)c1c(O)c2ccccc2oc1=O. The lowest BCUT2D eigenvalue weighted by molar-refractivity contribution is 0.450. The molecule has 0 bridgehead atoms. The van der Waals surface area contributed by atoms with Gasteiger partial charge in [0.05, 0.1) is 10.9 Å². The van der Waals surface area contributed by atoms with Gasteiger partial charge in [-0.2, -0.15) is 0 Å². The summed E-state index contributed by atoms with van der Waals surface area (Å²) in [5.74, 6) is -0.752. The van der Waals surface area contributed by atoms with E-state index in [1.165, 1.54) is 12.1 Å². The summed E-state index contributed by atoms with van der Waals surface area (Å²) in [5, 5.41) is 11.0. The molecule has 1 N–H and O–H groups in total. The molecule has 3 nitrogen and oxygen atoms in total. The van der Waals surface area contributed by atoms with Crippen LogP contribution in [-0.4, -0.2) is 5.11 Å². The number of fused-ring (bicyclic) bond motifs is 1. The Morgan fingerprint density at radius 1 is 1.14 bits per heavy atom. The molecule has 0 fully saturated rings. The lowest BCUT2D eigenvalue weighted by Crippen LogP contribution is -2.13. The van der Waals surface area contributed by atoms with Gasteiger partial charge in [0.25, 0.3) is 0 Å². The van der Waals surface area contributed by atoms with Crippen molar-refractivity contribution in [2.75, 3.05) is 0 Å². The van der Waals surface area contributed by atoms with Gasteiger partial charge in [-0.3, -0.25) is 0 Å². The summed E-state index contributed by atoms with van der Waals surface area (Å²) in [6.45, 7) is 1.90. The first-order valence-corrected chi connectivity index (χ1v) is 7.12. The van der Waals surface area contributed by atoms with Crippen molar-refractivity contribution in [1.82, 2.24) is 0 Å². The van der Waals surface area contributed by atoms with Crippen LogP contribution in [0.5, 0.6) is 5.75 Å². The van der Waals surface area contributed by atoms with Crippen LogP contribution in [0, 0.1) is 5.82 Å². The molecule has 0 aliphatic heterocycles. The molecule has 1 unspecified atom stereocenters. The molecule has 0 radical (unpaired) electrons. The van der Waals surface area contributed by atoms with Gasteiger partial charge in [-0.15, -0.1) is 0 Å². The average Bonchev–Trinajstić information content (AvgIpc) is 2.52. The molecule has 2 aromatic carbocycles. The minimum absolute atomic E-state index is 0.0666. The maximum absolute atomic E-state index is 13.1. The van der Waals surface area contributed by atoms with E-state index >= 15 is 0 Å². The summed E-state index contributed by atoms with van der Waals surface area (Å²) in [7, 11) is 0. The Labute approximate surface area is 126 Å². The van der Waals surface area contributed by atoms with Crippen molar-refractivity contribution in [3.63, 3.8) is 0 Å². The zero-order chi connectivity index (χ0) is 15.7. The van der Waals surface area contributed by atoms with Crippen molar-refractivity contribution in [2.24, 2.45) is 0 Å². The van der Waals surface area contributed by atoms with E-state index < -0.39 is 5.63 Å². The first-order valence-electron chi connectivity index (χ1n) is 7.12. The van der Waals surface area contributed by atoms with Crippen molar-refractivity contribution in [3.8, 4) is 5.75 Å². The summed E-state index contributed by atoms with van der Waals surface area (Å²) in [6, 6.07) is 12.8. The Kier molecular flexibility index (Phi) is 3.67. The molecule has 0 saturated carbocycles. The van der Waals surface area contributed by atoms with E-state index in [1.807, 2.05) is 6.92 Å². The van der Waals surface area contributed by atoms with E-state index in [0.717, 1.165) is 5.56 Å². The maximum Gasteiger partial charge on any atom is 0.343 e. The maximum atomic E-state index is 13.1. The monoisotopic (exact) mass is 298 g/mol. The van der Waals surface area contributed by atoms with Gasteiger partial charge >= 0.3 is 5.63 Å². The average molecular weight is 298 g/mol. The highest BCUT2D eigenvalue weighted by atomic mass is 19.1. The molecule has 1 aromatic heterocycles. The normalized spacial score (nSPS) is 12.5. The van der Waals surface area contributed by atoms with Gasteiger partial charge in [0.1, 0.15) is 17.1 Å². The fraction of sp³-hybridized carbons (Fsp3) is 0.167. The Morgan fingerprint density at radius 3 is 2.50 bits per heavy atom. The van der Waals surface area contributed by atoms with Crippen LogP contribution in [0.15, 0.2) is 57.7 Å². The lowest BCUT2D eigenvalue weighted by Gasteiger charge is -2.16. The van der Waals surface area contributed by atoms with Gasteiger partial charge in [0, 0.05) is 5.92 Å². The van der Waals surface area contributed by atoms with Crippen LogP contribution < -0.4 is 5.63 Å². The summed E-state index contributed by atoms with van der Waals surface area (Å²) >= 11 is 0. The van der Waals surface area contributed by atoms with Gasteiger partial charge in [0.2, 0.25) is 0 Å². The van der Waals surface area contributed by atoms with E-state index in [0.29, 0.717) is 17.4 Å². The highest BCUT2D eigenvalue weighted by Gasteiger charge is 2.23. The highest BCUT2D eigenvalue weighted by molar-refractivity contribution is 5.84. The quantitative estimate of drug-likeness (QED) is 0.738. The predicted octanol–water partition coefficient (Wildman–Crippen LogP) is 4.18. The fourth-order valence-corrected chi connectivity index (χ4v) is 2.76. The van der Waals surface area contributed by atoms with Gasteiger partial charge < -0.3 is 9.52 Å². The van der Waals surface area contributed by atoms with Crippen LogP contribution in [0.4, 0.5) is 4.39 Å². The van der Waals surface area contributed by atoms with Gasteiger partial charge in [-0.25, -0.2) is 9.18 Å². The molecule has 1 atom stereocenters. The molecule has 0 amide bonds. The molecule has 1 heterocycles. The molecule has 4 heteroatoms. The molecule has 0 aliphatic carbocycles. The van der Waals surface area contributed by atoms with Crippen LogP contribution in [0.2, 0.25) is 0 Å². The summed E-state index contributed by atoms with van der Waals surface area (Å²) < 4.78 is 18.4. The fourth-order valence-electron chi connectivity index (χ4n) is 2.76. The standard InChI is InChI=1S/C18H15FO3/c1-2-13(11-7-9-12(19)10-8-11)16-17(20)14-5-3-4-6-15(14)22-18(16)21/h3-10,13,20H,2H2,1H3. The molecule has 112 valence electrons. The zero-order valence-electron chi connectivity index (χ0n) is 12.0. The second kappa shape index (κ2) is 5.64. The molecule has 3 rings (SSSR count). The van der Waals surface area contributed by atoms with Crippen molar-refractivity contribution in [1.29, 1.82) is 0 Å². The van der Waals surface area contributed by atoms with Crippen molar-refractivity contribution in [2.45, 2.75) is 19.3 Å². The van der Waals surface area contributed by atoms with Crippen LogP contribution in [0.3, 0.4) is 0 Å². The van der Waals surface area contributed by atoms with Crippen molar-refractivity contribution < 1.29 is 13.9 Å². The number of hydrogen-bond acceptors (Lipinski definition) is 3. The van der Waals surface area contributed by atoms with Crippen molar-refractivity contribution in [3.05, 3.63) is 75.9 Å². The smallest absolute Gasteiger partial charge is 0.343 e. The second-order valence-corrected chi connectivity index (χ2v) is 5.16. The molecule has 22 heavy (non-hydrogen) atoms. The Hall–Kier alpha value is -2.62. The summed E-state index contributed by atoms with van der Waals surface area (Å²) in [5.41, 5.74) is 0.768. The zero-order valence-corrected chi connectivity index (χ0v) is 12.0. The van der Waals surface area contributed by atoms with E-state index in [1.54, 1.807) is 36.4 Å². The third kappa shape index (κ3) is 2.37. The topological polar surface area (TPSA) is 50.4 Å². The minimum atomic E-state index is -0.563. The second-order valence-electron chi connectivity index (χ2n) is 5.16. The number of halogens is 1. The van der Waals surface area contributed by atoms with E-state index in [9.17, 15) is 14.3 Å². The first kappa shape index (κ1) is 14.3. The lowest BCUT2D eigenvalue weighted by atomic mass is 9.89. The largest absolute Gasteiger partial charge is 0.507 e. The van der Waals surface area contributed by atoms with Crippen LogP contribution >= 0.6 is 0 Å². The number of para-hydroxylation sites is 1. The summed E-state index contributed by atoms with van der Waals surface area (Å²) in [6.07, 6.45) is 0.586. The Morgan fingerprint density at radius 2 is 1.82 bits per heavy atom.